The van der Waals surface area contributed by atoms with Crippen LogP contribution in [-0.2, 0) is 29.0 Å². The van der Waals surface area contributed by atoms with Gasteiger partial charge < -0.3 is 25.7 Å². The monoisotopic (exact) mass is 684 g/mol. The molecule has 2 heterocycles. The highest BCUT2D eigenvalue weighted by Gasteiger charge is 2.38. The molecule has 236 valence electrons. The molecule has 0 saturated carbocycles. The number of carbonyl (C=O) groups excluding carboxylic acids is 1. The number of fused-ring (bicyclic) bond motifs is 1. The fraction of sp³-hybridized carbons (Fsp3) is 0.250. The van der Waals surface area contributed by atoms with Gasteiger partial charge in [-0.3, -0.25) is 4.79 Å². The van der Waals surface area contributed by atoms with Crippen LogP contribution >= 0.6 is 15.9 Å². The number of rotatable bonds is 9. The number of aliphatic carboxylic acids is 1. The molecule has 0 spiro atoms. The second kappa shape index (κ2) is 14.1. The molecule has 13 heteroatoms. The van der Waals surface area contributed by atoms with Crippen molar-refractivity contribution in [3.05, 3.63) is 118 Å². The highest BCUT2D eigenvalue weighted by atomic mass is 79.9. The lowest BCUT2D eigenvalue weighted by Crippen LogP contribution is -2.50. The Bertz CT molecular complexity index is 1750. The number of halogens is 4. The lowest BCUT2D eigenvalue weighted by Gasteiger charge is -2.25. The third-order valence-corrected chi connectivity index (χ3v) is 7.39. The average molecular weight is 686 g/mol. The van der Waals surface area contributed by atoms with Crippen molar-refractivity contribution in [2.24, 2.45) is 5.73 Å². The van der Waals surface area contributed by atoms with E-state index in [2.05, 4.69) is 71.3 Å². The van der Waals surface area contributed by atoms with Crippen molar-refractivity contribution in [2.75, 3.05) is 0 Å². The van der Waals surface area contributed by atoms with Crippen LogP contribution in [-0.4, -0.2) is 48.4 Å². The minimum Gasteiger partial charge on any atom is -0.475 e. The van der Waals surface area contributed by atoms with E-state index in [0.29, 0.717) is 25.2 Å². The number of amides is 1. The predicted octanol–water partition coefficient (Wildman–Crippen LogP) is 5.93. The molecule has 0 aliphatic carbocycles. The van der Waals surface area contributed by atoms with Gasteiger partial charge in [0.2, 0.25) is 5.91 Å². The Kier molecular flexibility index (Phi) is 10.5. The van der Waals surface area contributed by atoms with Crippen molar-refractivity contribution in [3.8, 4) is 0 Å². The Morgan fingerprint density at radius 3 is 2.22 bits per heavy atom. The van der Waals surface area contributed by atoms with Crippen LogP contribution in [0.1, 0.15) is 48.2 Å². The fourth-order valence-corrected chi connectivity index (χ4v) is 4.80. The topological polar surface area (TPSA) is 139 Å². The van der Waals surface area contributed by atoms with Crippen molar-refractivity contribution >= 4 is 38.7 Å². The number of hydrogen-bond donors (Lipinski definition) is 4. The lowest BCUT2D eigenvalue weighted by atomic mass is 10.0. The highest BCUT2D eigenvalue weighted by Crippen LogP contribution is 2.26. The number of aromatic nitrogens is 4. The zero-order valence-corrected chi connectivity index (χ0v) is 26.1. The maximum absolute atomic E-state index is 13.1. The molecule has 5 rings (SSSR count). The van der Waals surface area contributed by atoms with Crippen LogP contribution in [0.3, 0.4) is 0 Å². The summed E-state index contributed by atoms with van der Waals surface area (Å²) in [6, 6.07) is 26.1. The Morgan fingerprint density at radius 1 is 0.978 bits per heavy atom. The molecule has 5 aromatic rings. The Hall–Kier alpha value is -4.49. The number of carboxylic acid groups (broad SMARTS) is 1. The Morgan fingerprint density at radius 2 is 1.60 bits per heavy atom. The SMILES string of the molecule is CC(C)(N)C(=O)N[C@H](Cc1c[nH]c2ccccc12)c1nnc(Cc2ccccc2)n1Cc1ccc(Br)cc1.O=C(O)C(F)(F)F. The Balaban J connectivity index is 0.000000591. The predicted molar refractivity (Wildman–Crippen MR) is 167 cm³/mol. The number of hydrogen-bond acceptors (Lipinski definition) is 5. The molecule has 0 bridgehead atoms. The first-order chi connectivity index (χ1) is 21.2. The van der Waals surface area contributed by atoms with E-state index in [-0.39, 0.29) is 5.91 Å². The first-order valence-corrected chi connectivity index (χ1v) is 14.7. The quantitative estimate of drug-likeness (QED) is 0.152. The highest BCUT2D eigenvalue weighted by molar-refractivity contribution is 9.10. The van der Waals surface area contributed by atoms with E-state index < -0.39 is 23.7 Å². The molecule has 0 aliphatic rings. The summed E-state index contributed by atoms with van der Waals surface area (Å²) in [5, 5.41) is 20.7. The van der Waals surface area contributed by atoms with E-state index in [0.717, 1.165) is 37.9 Å². The maximum Gasteiger partial charge on any atom is 0.490 e. The number of benzene rings is 3. The van der Waals surface area contributed by atoms with Gasteiger partial charge in [0.1, 0.15) is 5.82 Å². The van der Waals surface area contributed by atoms with Crippen molar-refractivity contribution in [2.45, 2.75) is 51.0 Å². The van der Waals surface area contributed by atoms with E-state index in [1.165, 1.54) is 0 Å². The number of nitrogens with zero attached hydrogens (tertiary/aromatic N) is 3. The van der Waals surface area contributed by atoms with Gasteiger partial charge >= 0.3 is 12.1 Å². The molecule has 1 atom stereocenters. The molecule has 1 amide bonds. The molecule has 9 nitrogen and oxygen atoms in total. The molecule has 5 N–H and O–H groups in total. The minimum absolute atomic E-state index is 0.245. The van der Waals surface area contributed by atoms with Gasteiger partial charge in [0.05, 0.1) is 18.1 Å². The third-order valence-electron chi connectivity index (χ3n) is 6.86. The number of carboxylic acids is 1. The first kappa shape index (κ1) is 33.4. The van der Waals surface area contributed by atoms with Gasteiger partial charge in [-0.15, -0.1) is 10.2 Å². The number of nitrogens with one attached hydrogen (secondary N) is 2. The normalized spacial score (nSPS) is 12.3. The van der Waals surface area contributed by atoms with Crippen molar-refractivity contribution in [1.29, 1.82) is 0 Å². The lowest BCUT2D eigenvalue weighted by molar-refractivity contribution is -0.192. The molecule has 45 heavy (non-hydrogen) atoms. The van der Waals surface area contributed by atoms with Crippen LogP contribution in [0.15, 0.2) is 89.5 Å². The summed E-state index contributed by atoms with van der Waals surface area (Å²) in [7, 11) is 0. The molecular weight excluding hydrogens is 653 g/mol. The molecule has 0 saturated heterocycles. The summed E-state index contributed by atoms with van der Waals surface area (Å²) in [6.45, 7) is 3.99. The summed E-state index contributed by atoms with van der Waals surface area (Å²) in [4.78, 5) is 25.4. The maximum atomic E-state index is 13.1. The number of nitrogens with two attached hydrogens (primary N) is 1. The second-order valence-corrected chi connectivity index (χ2v) is 11.9. The number of carbonyl (C=O) groups is 2. The smallest absolute Gasteiger partial charge is 0.475 e. The average Bonchev–Trinajstić information content (AvgIpc) is 3.57. The van der Waals surface area contributed by atoms with Gasteiger partial charge in [0, 0.05) is 34.4 Å². The van der Waals surface area contributed by atoms with E-state index in [9.17, 15) is 18.0 Å². The fourth-order valence-electron chi connectivity index (χ4n) is 4.53. The van der Waals surface area contributed by atoms with E-state index in [1.807, 2.05) is 54.7 Å². The van der Waals surface area contributed by atoms with Crippen LogP contribution in [0.4, 0.5) is 13.2 Å². The van der Waals surface area contributed by atoms with Crippen molar-refractivity contribution < 1.29 is 27.9 Å². The summed E-state index contributed by atoms with van der Waals surface area (Å²) in [6.07, 6.45) is -1.92. The summed E-state index contributed by atoms with van der Waals surface area (Å²) in [5.41, 5.74) is 9.54. The molecule has 2 aromatic heterocycles. The first-order valence-electron chi connectivity index (χ1n) is 13.9. The van der Waals surface area contributed by atoms with E-state index in [4.69, 9.17) is 15.6 Å². The molecule has 0 unspecified atom stereocenters. The molecule has 0 aliphatic heterocycles. The Labute approximate surface area is 265 Å². The number of para-hydroxylation sites is 1. The van der Waals surface area contributed by atoms with Gasteiger partial charge in [-0.05, 0) is 48.7 Å². The van der Waals surface area contributed by atoms with Gasteiger partial charge in [0.25, 0.3) is 0 Å². The van der Waals surface area contributed by atoms with Crippen molar-refractivity contribution in [3.63, 3.8) is 0 Å². The molecule has 0 fully saturated rings. The number of aromatic amines is 1. The molecular formula is C32H32BrF3N6O3. The van der Waals surface area contributed by atoms with Gasteiger partial charge in [-0.1, -0.05) is 76.6 Å². The zero-order valence-electron chi connectivity index (χ0n) is 24.5. The largest absolute Gasteiger partial charge is 0.490 e. The molecule has 3 aromatic carbocycles. The van der Waals surface area contributed by atoms with Crippen LogP contribution in [0.5, 0.6) is 0 Å². The van der Waals surface area contributed by atoms with Crippen LogP contribution in [0.25, 0.3) is 10.9 Å². The minimum atomic E-state index is -5.08. The van der Waals surface area contributed by atoms with E-state index in [1.54, 1.807) is 13.8 Å². The summed E-state index contributed by atoms with van der Waals surface area (Å²) in [5.74, 6) is -1.47. The van der Waals surface area contributed by atoms with Crippen LogP contribution in [0.2, 0.25) is 0 Å². The summed E-state index contributed by atoms with van der Waals surface area (Å²) < 4.78 is 34.9. The number of H-pyrrole nitrogens is 1. The van der Waals surface area contributed by atoms with Gasteiger partial charge in [-0.2, -0.15) is 13.2 Å². The van der Waals surface area contributed by atoms with Gasteiger partial charge in [0.15, 0.2) is 5.82 Å². The molecule has 0 radical (unpaired) electrons. The third kappa shape index (κ3) is 9.02. The summed E-state index contributed by atoms with van der Waals surface area (Å²) >= 11 is 3.52. The van der Waals surface area contributed by atoms with Crippen LogP contribution in [0, 0.1) is 0 Å². The van der Waals surface area contributed by atoms with Crippen molar-refractivity contribution in [1.82, 2.24) is 25.1 Å². The van der Waals surface area contributed by atoms with E-state index >= 15 is 0 Å². The number of alkyl halides is 3. The zero-order chi connectivity index (χ0) is 32.8. The standard InChI is InChI=1S/C30H31BrN6O.C2HF3O2/c1-30(2,32)29(38)34-26(17-22-18-33-25-11-7-6-10-24(22)25)28-36-35-27(16-20-8-4-3-5-9-20)37(28)19-21-12-14-23(31)15-13-21;3-2(4,5)1(6)7/h3-15,18,26,33H,16-17,19,32H2,1-2H3,(H,34,38);(H,6,7)/t26-;/m1./s1. The van der Waals surface area contributed by atoms with Gasteiger partial charge in [-0.25, -0.2) is 4.79 Å². The van der Waals surface area contributed by atoms with Crippen LogP contribution < -0.4 is 11.1 Å². The second-order valence-electron chi connectivity index (χ2n) is 11.0.